The molecule has 27 heavy (non-hydrogen) atoms. The predicted octanol–water partition coefficient (Wildman–Crippen LogP) is 4.38. The number of nitrogens with zero attached hydrogens (tertiary/aromatic N) is 4. The predicted molar refractivity (Wildman–Crippen MR) is 96.8 cm³/mol. The zero-order valence-electron chi connectivity index (χ0n) is 14.3. The first-order valence-electron chi connectivity index (χ1n) is 7.81. The van der Waals surface area contributed by atoms with Gasteiger partial charge in [0.2, 0.25) is 5.88 Å². The molecule has 2 heterocycles. The third-order valence-corrected chi connectivity index (χ3v) is 4.33. The molecule has 0 fully saturated rings. The van der Waals surface area contributed by atoms with E-state index in [0.717, 1.165) is 10.5 Å². The fourth-order valence-electron chi connectivity index (χ4n) is 2.59. The molecule has 0 spiro atoms. The van der Waals surface area contributed by atoms with Crippen LogP contribution in [0.4, 0.5) is 18.9 Å². The number of anilines is 1. The molecule has 2 aromatic heterocycles. The molecule has 10 heteroatoms. The molecule has 1 aromatic carbocycles. The van der Waals surface area contributed by atoms with Crippen LogP contribution < -0.4 is 10.5 Å². The molecule has 0 bridgehead atoms. The van der Waals surface area contributed by atoms with Gasteiger partial charge < -0.3 is 15.0 Å². The normalized spacial score (nSPS) is 12.8. The number of hydrogen-bond acceptors (Lipinski definition) is 5. The third kappa shape index (κ3) is 4.05. The molecule has 0 radical (unpaired) electrons. The Bertz CT molecular complexity index is 956. The van der Waals surface area contributed by atoms with Crippen molar-refractivity contribution in [3.05, 3.63) is 52.4 Å². The van der Waals surface area contributed by atoms with Crippen molar-refractivity contribution in [2.75, 3.05) is 5.73 Å². The summed E-state index contributed by atoms with van der Waals surface area (Å²) < 4.78 is 48.1. The van der Waals surface area contributed by atoms with Crippen molar-refractivity contribution in [1.82, 2.24) is 19.7 Å². The molecule has 142 valence electrons. The highest BCUT2D eigenvalue weighted by molar-refractivity contribution is 9.10. The minimum Gasteiger partial charge on any atom is -0.466 e. The van der Waals surface area contributed by atoms with Gasteiger partial charge in [0.05, 0.1) is 5.56 Å². The van der Waals surface area contributed by atoms with Crippen molar-refractivity contribution in [3.63, 3.8) is 0 Å². The molecule has 0 saturated heterocycles. The second-order valence-corrected chi connectivity index (χ2v) is 6.73. The minimum atomic E-state index is -4.57. The lowest BCUT2D eigenvalue weighted by Gasteiger charge is -2.15. The molecule has 0 amide bonds. The maximum Gasteiger partial charge on any atom is 0.417 e. The number of pyridine rings is 1. The Morgan fingerprint density at radius 2 is 1.93 bits per heavy atom. The number of alkyl halides is 3. The van der Waals surface area contributed by atoms with E-state index in [-0.39, 0.29) is 17.1 Å². The van der Waals surface area contributed by atoms with Crippen LogP contribution in [0.15, 0.2) is 41.0 Å². The number of hydrogen-bond donors (Lipinski definition) is 1. The van der Waals surface area contributed by atoms with Crippen molar-refractivity contribution in [1.29, 1.82) is 0 Å². The van der Waals surface area contributed by atoms with E-state index in [1.807, 2.05) is 0 Å². The monoisotopic (exact) mass is 441 g/mol. The fourth-order valence-corrected chi connectivity index (χ4v) is 2.82. The van der Waals surface area contributed by atoms with E-state index < -0.39 is 17.8 Å². The second-order valence-electron chi connectivity index (χ2n) is 5.82. The Kier molecular flexibility index (Phi) is 5.09. The summed E-state index contributed by atoms with van der Waals surface area (Å²) in [5.74, 6) is 0.787. The van der Waals surface area contributed by atoms with Crippen LogP contribution in [0.1, 0.15) is 24.4 Å². The Balaban J connectivity index is 1.95. The first-order valence-corrected chi connectivity index (χ1v) is 8.60. The summed E-state index contributed by atoms with van der Waals surface area (Å²) in [6.45, 7) is 1.71. The number of nitrogens with two attached hydrogens (primary N) is 1. The van der Waals surface area contributed by atoms with Gasteiger partial charge in [0.25, 0.3) is 0 Å². The van der Waals surface area contributed by atoms with Crippen LogP contribution in [0, 0.1) is 0 Å². The summed E-state index contributed by atoms with van der Waals surface area (Å²) in [5.41, 5.74) is 4.56. The van der Waals surface area contributed by atoms with Gasteiger partial charge in [-0.3, -0.25) is 0 Å². The van der Waals surface area contributed by atoms with Gasteiger partial charge in [-0.05, 0) is 47.1 Å². The molecule has 0 aliphatic rings. The van der Waals surface area contributed by atoms with E-state index in [0.29, 0.717) is 11.7 Å². The van der Waals surface area contributed by atoms with Gasteiger partial charge in [-0.15, -0.1) is 10.2 Å². The highest BCUT2D eigenvalue weighted by Gasteiger charge is 2.35. The van der Waals surface area contributed by atoms with Crippen LogP contribution in [0.25, 0.3) is 11.4 Å². The molecular weight excluding hydrogens is 427 g/mol. The van der Waals surface area contributed by atoms with Crippen molar-refractivity contribution in [2.24, 2.45) is 7.05 Å². The number of rotatable bonds is 4. The Morgan fingerprint density at radius 1 is 1.19 bits per heavy atom. The van der Waals surface area contributed by atoms with Crippen LogP contribution in [0.5, 0.6) is 5.88 Å². The maximum atomic E-state index is 13.4. The van der Waals surface area contributed by atoms with Crippen molar-refractivity contribution in [2.45, 2.75) is 19.2 Å². The standard InChI is InChI=1S/C17H15BrF3N5O/c1-9(27-14-6-3-10(18)8-23-14)15-24-25-16(26(15)2)12-5-4-11(22)7-13(12)17(19,20)21/h3-9H,22H2,1-2H3/t9-/m0/s1. The van der Waals surface area contributed by atoms with Gasteiger partial charge in [-0.1, -0.05) is 0 Å². The quantitative estimate of drug-likeness (QED) is 0.607. The molecule has 3 aromatic rings. The van der Waals surface area contributed by atoms with Crippen LogP contribution in [-0.2, 0) is 13.2 Å². The van der Waals surface area contributed by atoms with E-state index in [9.17, 15) is 13.2 Å². The lowest BCUT2D eigenvalue weighted by Crippen LogP contribution is -2.12. The number of nitrogen functional groups attached to an aromatic ring is 1. The number of ether oxygens (including phenoxy) is 1. The molecule has 3 rings (SSSR count). The molecule has 6 nitrogen and oxygen atoms in total. The smallest absolute Gasteiger partial charge is 0.417 e. The van der Waals surface area contributed by atoms with Crippen LogP contribution in [0.2, 0.25) is 0 Å². The zero-order valence-corrected chi connectivity index (χ0v) is 15.9. The van der Waals surface area contributed by atoms with Gasteiger partial charge in [0, 0.05) is 35.0 Å². The number of benzene rings is 1. The highest BCUT2D eigenvalue weighted by atomic mass is 79.9. The Labute approximate surface area is 161 Å². The van der Waals surface area contributed by atoms with Gasteiger partial charge in [-0.2, -0.15) is 13.2 Å². The molecule has 1 atom stereocenters. The van der Waals surface area contributed by atoms with E-state index in [4.69, 9.17) is 10.5 Å². The van der Waals surface area contributed by atoms with Gasteiger partial charge in [0.1, 0.15) is 0 Å². The molecule has 0 aliphatic carbocycles. The second kappa shape index (κ2) is 7.18. The molecule has 0 saturated carbocycles. The van der Waals surface area contributed by atoms with E-state index in [2.05, 4.69) is 31.1 Å². The molecule has 0 unspecified atom stereocenters. The van der Waals surface area contributed by atoms with Crippen molar-refractivity contribution >= 4 is 21.6 Å². The van der Waals surface area contributed by atoms with Crippen molar-refractivity contribution < 1.29 is 17.9 Å². The maximum absolute atomic E-state index is 13.4. The lowest BCUT2D eigenvalue weighted by molar-refractivity contribution is -0.137. The highest BCUT2D eigenvalue weighted by Crippen LogP contribution is 2.38. The summed E-state index contributed by atoms with van der Waals surface area (Å²) in [5, 5.41) is 7.93. The van der Waals surface area contributed by atoms with E-state index >= 15 is 0 Å². The third-order valence-electron chi connectivity index (χ3n) is 3.86. The number of aromatic nitrogens is 4. The average molecular weight is 442 g/mol. The summed E-state index contributed by atoms with van der Waals surface area (Å²) >= 11 is 3.28. The van der Waals surface area contributed by atoms with Crippen molar-refractivity contribution in [3.8, 4) is 17.3 Å². The minimum absolute atomic E-state index is 0.0199. The van der Waals surface area contributed by atoms with E-state index in [1.54, 1.807) is 32.3 Å². The lowest BCUT2D eigenvalue weighted by atomic mass is 10.1. The van der Waals surface area contributed by atoms with Gasteiger partial charge in [0.15, 0.2) is 17.8 Å². The Hall–Kier alpha value is -2.62. The van der Waals surface area contributed by atoms with Crippen LogP contribution >= 0.6 is 15.9 Å². The summed E-state index contributed by atoms with van der Waals surface area (Å²) in [6, 6.07) is 6.99. The number of halogens is 4. The van der Waals surface area contributed by atoms with E-state index in [1.165, 1.54) is 16.7 Å². The first-order chi connectivity index (χ1) is 12.7. The molecule has 0 aliphatic heterocycles. The summed E-state index contributed by atoms with van der Waals surface area (Å²) in [4.78, 5) is 4.11. The van der Waals surface area contributed by atoms with Gasteiger partial charge >= 0.3 is 6.18 Å². The zero-order chi connectivity index (χ0) is 19.8. The molecule has 2 N–H and O–H groups in total. The summed E-state index contributed by atoms with van der Waals surface area (Å²) in [6.07, 6.45) is -3.57. The first kappa shape index (κ1) is 19.2. The fraction of sp³-hybridized carbons (Fsp3) is 0.235. The SMILES string of the molecule is C[C@H](Oc1ccc(Br)cn1)c1nnc(-c2ccc(N)cc2C(F)(F)F)n1C. The molecular formula is C17H15BrF3N5O. The largest absolute Gasteiger partial charge is 0.466 e. The topological polar surface area (TPSA) is 78.8 Å². The van der Waals surface area contributed by atoms with Crippen LogP contribution in [0.3, 0.4) is 0 Å². The average Bonchev–Trinajstić information content (AvgIpc) is 2.98. The Morgan fingerprint density at radius 3 is 2.56 bits per heavy atom. The van der Waals surface area contributed by atoms with Gasteiger partial charge in [-0.25, -0.2) is 4.98 Å². The summed E-state index contributed by atoms with van der Waals surface area (Å²) in [7, 11) is 1.58. The van der Waals surface area contributed by atoms with Crippen LogP contribution in [-0.4, -0.2) is 19.7 Å².